The molecule has 110 valence electrons. The summed E-state index contributed by atoms with van der Waals surface area (Å²) in [5, 5.41) is 9.57. The fourth-order valence-corrected chi connectivity index (χ4v) is 2.27. The molecule has 1 aliphatic rings. The normalized spacial score (nSPS) is 22.1. The zero-order valence-corrected chi connectivity index (χ0v) is 12.7. The van der Waals surface area contributed by atoms with Gasteiger partial charge in [-0.05, 0) is 64.2 Å². The lowest BCUT2D eigenvalue weighted by Gasteiger charge is -2.32. The predicted octanol–water partition coefficient (Wildman–Crippen LogP) is 2.05. The summed E-state index contributed by atoms with van der Waals surface area (Å²) in [6.07, 6.45) is -0.171. The second kappa shape index (κ2) is 5.13. The smallest absolute Gasteiger partial charge is 0.399 e. The maximum absolute atomic E-state index is 13.4. The van der Waals surface area contributed by atoms with Crippen LogP contribution in [0, 0.1) is 5.82 Å². The number of benzene rings is 1. The zero-order chi connectivity index (χ0) is 15.1. The SMILES string of the molecule is CC(O)Cc1cc(F)ccc1B1OC(C)(C)C(C)(C)O1. The summed E-state index contributed by atoms with van der Waals surface area (Å²) in [5.74, 6) is -0.319. The second-order valence-electron chi connectivity index (χ2n) is 6.48. The van der Waals surface area contributed by atoms with Crippen LogP contribution in [0.1, 0.15) is 40.2 Å². The quantitative estimate of drug-likeness (QED) is 0.861. The molecule has 0 saturated carbocycles. The third kappa shape index (κ3) is 2.90. The van der Waals surface area contributed by atoms with Gasteiger partial charge in [0.05, 0.1) is 17.3 Å². The Bertz CT molecular complexity index is 484. The maximum Gasteiger partial charge on any atom is 0.495 e. The Morgan fingerprint density at radius 2 is 1.75 bits per heavy atom. The monoisotopic (exact) mass is 280 g/mol. The van der Waals surface area contributed by atoms with E-state index in [-0.39, 0.29) is 5.82 Å². The van der Waals surface area contributed by atoms with E-state index in [1.54, 1.807) is 13.0 Å². The van der Waals surface area contributed by atoms with Crippen molar-refractivity contribution in [3.05, 3.63) is 29.6 Å². The minimum Gasteiger partial charge on any atom is -0.399 e. The van der Waals surface area contributed by atoms with Crippen LogP contribution >= 0.6 is 0 Å². The molecule has 0 aromatic heterocycles. The first-order valence-electron chi connectivity index (χ1n) is 6.94. The van der Waals surface area contributed by atoms with Crippen LogP contribution in [0.25, 0.3) is 0 Å². The second-order valence-corrected chi connectivity index (χ2v) is 6.48. The molecule has 2 rings (SSSR count). The van der Waals surface area contributed by atoms with E-state index in [2.05, 4.69) is 0 Å². The molecule has 1 saturated heterocycles. The Morgan fingerprint density at radius 1 is 1.20 bits per heavy atom. The predicted molar refractivity (Wildman–Crippen MR) is 77.5 cm³/mol. The highest BCUT2D eigenvalue weighted by Gasteiger charge is 2.52. The first-order chi connectivity index (χ1) is 9.12. The van der Waals surface area contributed by atoms with Crippen molar-refractivity contribution in [1.29, 1.82) is 0 Å². The van der Waals surface area contributed by atoms with Crippen LogP contribution in [0.5, 0.6) is 0 Å². The fourth-order valence-electron chi connectivity index (χ4n) is 2.27. The number of aliphatic hydroxyl groups excluding tert-OH is 1. The van der Waals surface area contributed by atoms with E-state index in [0.29, 0.717) is 6.42 Å². The Kier molecular flexibility index (Phi) is 3.97. The molecule has 0 aliphatic carbocycles. The van der Waals surface area contributed by atoms with Gasteiger partial charge in [-0.15, -0.1) is 0 Å². The van der Waals surface area contributed by atoms with E-state index in [1.807, 2.05) is 27.7 Å². The largest absolute Gasteiger partial charge is 0.495 e. The van der Waals surface area contributed by atoms with Gasteiger partial charge in [0.2, 0.25) is 0 Å². The molecule has 1 atom stereocenters. The molecule has 1 N–H and O–H groups in total. The summed E-state index contributed by atoms with van der Waals surface area (Å²) in [5.41, 5.74) is 0.631. The van der Waals surface area contributed by atoms with Crippen molar-refractivity contribution < 1.29 is 18.8 Å². The lowest BCUT2D eigenvalue weighted by Crippen LogP contribution is -2.41. The Morgan fingerprint density at radius 3 is 2.25 bits per heavy atom. The van der Waals surface area contributed by atoms with E-state index < -0.39 is 24.4 Å². The van der Waals surface area contributed by atoms with Crippen molar-refractivity contribution in [3.8, 4) is 0 Å². The summed E-state index contributed by atoms with van der Waals surface area (Å²) >= 11 is 0. The molecular weight excluding hydrogens is 258 g/mol. The molecule has 1 unspecified atom stereocenters. The Hall–Kier alpha value is -0.905. The number of hydrogen-bond donors (Lipinski definition) is 1. The Labute approximate surface area is 120 Å². The van der Waals surface area contributed by atoms with Crippen LogP contribution in [0.15, 0.2) is 18.2 Å². The molecule has 1 aromatic carbocycles. The average Bonchev–Trinajstić information content (AvgIpc) is 2.46. The van der Waals surface area contributed by atoms with Gasteiger partial charge in [-0.25, -0.2) is 4.39 Å². The van der Waals surface area contributed by atoms with Crippen LogP contribution in [0.4, 0.5) is 4.39 Å². The first kappa shape index (κ1) is 15.5. The van der Waals surface area contributed by atoms with Crippen molar-refractivity contribution in [2.24, 2.45) is 0 Å². The van der Waals surface area contributed by atoms with Gasteiger partial charge >= 0.3 is 7.12 Å². The van der Waals surface area contributed by atoms with Crippen LogP contribution in [0.3, 0.4) is 0 Å². The molecule has 1 aromatic rings. The highest BCUT2D eigenvalue weighted by Crippen LogP contribution is 2.36. The Balaban J connectivity index is 2.34. The number of halogens is 1. The van der Waals surface area contributed by atoms with Crippen LogP contribution in [-0.4, -0.2) is 29.5 Å². The minimum absolute atomic E-state index is 0.319. The number of hydrogen-bond acceptors (Lipinski definition) is 3. The summed E-state index contributed by atoms with van der Waals surface area (Å²) in [6.45, 7) is 9.59. The summed E-state index contributed by atoms with van der Waals surface area (Å²) in [6, 6.07) is 4.51. The van der Waals surface area contributed by atoms with E-state index in [0.717, 1.165) is 11.0 Å². The number of aliphatic hydroxyl groups is 1. The lowest BCUT2D eigenvalue weighted by atomic mass is 9.75. The van der Waals surface area contributed by atoms with Gasteiger partial charge in [0.25, 0.3) is 0 Å². The van der Waals surface area contributed by atoms with Crippen molar-refractivity contribution in [3.63, 3.8) is 0 Å². The molecule has 3 nitrogen and oxygen atoms in total. The molecular formula is C15H22BFO3. The van der Waals surface area contributed by atoms with Crippen LogP contribution in [-0.2, 0) is 15.7 Å². The van der Waals surface area contributed by atoms with Crippen LogP contribution in [0.2, 0.25) is 0 Å². The molecule has 0 amide bonds. The molecule has 1 aliphatic heterocycles. The van der Waals surface area contributed by atoms with E-state index in [1.165, 1.54) is 12.1 Å². The molecule has 1 fully saturated rings. The van der Waals surface area contributed by atoms with Gasteiger partial charge < -0.3 is 14.4 Å². The molecule has 1 heterocycles. The molecule has 0 spiro atoms. The van der Waals surface area contributed by atoms with Gasteiger partial charge in [-0.2, -0.15) is 0 Å². The maximum atomic E-state index is 13.4. The highest BCUT2D eigenvalue weighted by molar-refractivity contribution is 6.62. The van der Waals surface area contributed by atoms with E-state index >= 15 is 0 Å². The van der Waals surface area contributed by atoms with Gasteiger partial charge in [-0.3, -0.25) is 0 Å². The average molecular weight is 280 g/mol. The van der Waals surface area contributed by atoms with E-state index in [4.69, 9.17) is 9.31 Å². The van der Waals surface area contributed by atoms with Crippen molar-refractivity contribution >= 4 is 12.6 Å². The lowest BCUT2D eigenvalue weighted by molar-refractivity contribution is 0.00578. The minimum atomic E-state index is -0.544. The van der Waals surface area contributed by atoms with Gasteiger partial charge in [0.1, 0.15) is 5.82 Å². The summed E-state index contributed by atoms with van der Waals surface area (Å²) < 4.78 is 25.4. The standard InChI is InChI=1S/C15H22BFO3/c1-10(18)8-11-9-12(17)6-7-13(11)16-19-14(2,3)15(4,5)20-16/h6-7,9-10,18H,8H2,1-5H3. The van der Waals surface area contributed by atoms with E-state index in [9.17, 15) is 9.50 Å². The van der Waals surface area contributed by atoms with Crippen molar-refractivity contribution in [2.75, 3.05) is 0 Å². The number of rotatable bonds is 3. The first-order valence-corrected chi connectivity index (χ1v) is 6.94. The zero-order valence-electron chi connectivity index (χ0n) is 12.7. The van der Waals surface area contributed by atoms with Crippen molar-refractivity contribution in [2.45, 2.75) is 58.3 Å². The van der Waals surface area contributed by atoms with Gasteiger partial charge in [0.15, 0.2) is 0 Å². The summed E-state index contributed by atoms with van der Waals surface area (Å²) in [4.78, 5) is 0. The van der Waals surface area contributed by atoms with Crippen molar-refractivity contribution in [1.82, 2.24) is 0 Å². The molecule has 0 bridgehead atoms. The summed E-state index contributed by atoms with van der Waals surface area (Å²) in [7, 11) is -0.533. The third-order valence-electron chi connectivity index (χ3n) is 4.13. The highest BCUT2D eigenvalue weighted by atomic mass is 19.1. The fraction of sp³-hybridized carbons (Fsp3) is 0.600. The molecule has 0 radical (unpaired) electrons. The molecule has 5 heteroatoms. The topological polar surface area (TPSA) is 38.7 Å². The third-order valence-corrected chi connectivity index (χ3v) is 4.13. The molecule has 20 heavy (non-hydrogen) atoms. The van der Waals surface area contributed by atoms with Crippen LogP contribution < -0.4 is 5.46 Å². The van der Waals surface area contributed by atoms with Gasteiger partial charge in [0, 0.05) is 0 Å². The van der Waals surface area contributed by atoms with Gasteiger partial charge in [-0.1, -0.05) is 6.07 Å².